The molecule has 0 atom stereocenters. The highest BCUT2D eigenvalue weighted by atomic mass is 35.5. The SMILES string of the molecule is CC(C)Sc1c[nH]cc1Cl. The Kier molecular flexibility index (Phi) is 2.69. The standard InChI is InChI=1S/C7H10ClNS/c1-5(2)10-7-4-9-3-6(7)8/h3-5,9H,1-2H3. The Hall–Kier alpha value is -0.0800. The van der Waals surface area contributed by atoms with Crippen molar-refractivity contribution in [3.63, 3.8) is 0 Å². The maximum atomic E-state index is 5.83. The van der Waals surface area contributed by atoms with Crippen LogP contribution in [0.25, 0.3) is 0 Å². The summed E-state index contributed by atoms with van der Waals surface area (Å²) in [7, 11) is 0. The molecule has 1 aromatic rings. The first-order chi connectivity index (χ1) is 4.70. The zero-order chi connectivity index (χ0) is 7.56. The number of halogens is 1. The number of hydrogen-bond donors (Lipinski definition) is 1. The molecule has 1 N–H and O–H groups in total. The summed E-state index contributed by atoms with van der Waals surface area (Å²) in [6, 6.07) is 0. The fraction of sp³-hybridized carbons (Fsp3) is 0.429. The molecule has 0 amide bonds. The van der Waals surface area contributed by atoms with Gasteiger partial charge in [0, 0.05) is 22.5 Å². The van der Waals surface area contributed by atoms with E-state index in [9.17, 15) is 0 Å². The van der Waals surface area contributed by atoms with Crippen molar-refractivity contribution in [3.8, 4) is 0 Å². The summed E-state index contributed by atoms with van der Waals surface area (Å²) < 4.78 is 0. The molecular weight excluding hydrogens is 166 g/mol. The van der Waals surface area contributed by atoms with Crippen molar-refractivity contribution in [2.24, 2.45) is 0 Å². The number of hydrogen-bond acceptors (Lipinski definition) is 1. The zero-order valence-electron chi connectivity index (χ0n) is 6.02. The van der Waals surface area contributed by atoms with Gasteiger partial charge in [-0.3, -0.25) is 0 Å². The van der Waals surface area contributed by atoms with Crippen molar-refractivity contribution in [3.05, 3.63) is 17.4 Å². The molecule has 0 radical (unpaired) electrons. The number of aromatic nitrogens is 1. The van der Waals surface area contributed by atoms with Crippen LogP contribution in [-0.4, -0.2) is 10.2 Å². The van der Waals surface area contributed by atoms with Crippen molar-refractivity contribution in [2.45, 2.75) is 24.0 Å². The molecule has 0 spiro atoms. The highest BCUT2D eigenvalue weighted by molar-refractivity contribution is 8.00. The highest BCUT2D eigenvalue weighted by Crippen LogP contribution is 2.29. The van der Waals surface area contributed by atoms with E-state index in [1.165, 1.54) is 0 Å². The largest absolute Gasteiger partial charge is 0.365 e. The van der Waals surface area contributed by atoms with Crippen molar-refractivity contribution in [1.29, 1.82) is 0 Å². The molecule has 1 heterocycles. The van der Waals surface area contributed by atoms with Crippen molar-refractivity contribution in [1.82, 2.24) is 4.98 Å². The lowest BCUT2D eigenvalue weighted by atomic mass is 10.6. The number of H-pyrrole nitrogens is 1. The Morgan fingerprint density at radius 2 is 2.20 bits per heavy atom. The van der Waals surface area contributed by atoms with Gasteiger partial charge >= 0.3 is 0 Å². The average molecular weight is 176 g/mol. The maximum absolute atomic E-state index is 5.83. The van der Waals surface area contributed by atoms with E-state index in [2.05, 4.69) is 18.8 Å². The number of aromatic amines is 1. The van der Waals surface area contributed by atoms with Crippen LogP contribution in [0.4, 0.5) is 0 Å². The predicted molar refractivity (Wildman–Crippen MR) is 46.8 cm³/mol. The minimum atomic E-state index is 0.591. The third kappa shape index (κ3) is 1.96. The second-order valence-electron chi connectivity index (χ2n) is 2.33. The summed E-state index contributed by atoms with van der Waals surface area (Å²) in [5.41, 5.74) is 0. The molecule has 1 aromatic heterocycles. The van der Waals surface area contributed by atoms with E-state index in [0.29, 0.717) is 5.25 Å². The van der Waals surface area contributed by atoms with Crippen LogP contribution < -0.4 is 0 Å². The Morgan fingerprint density at radius 3 is 2.60 bits per heavy atom. The van der Waals surface area contributed by atoms with Gasteiger partial charge in [-0.25, -0.2) is 0 Å². The molecule has 0 aliphatic carbocycles. The van der Waals surface area contributed by atoms with Crippen LogP contribution in [0.1, 0.15) is 13.8 Å². The fourth-order valence-electron chi connectivity index (χ4n) is 0.675. The molecule has 1 nitrogen and oxygen atoms in total. The zero-order valence-corrected chi connectivity index (χ0v) is 7.59. The molecular formula is C7H10ClNS. The third-order valence-corrected chi connectivity index (χ3v) is 2.51. The lowest BCUT2D eigenvalue weighted by molar-refractivity contribution is 1.11. The van der Waals surface area contributed by atoms with Crippen LogP contribution in [0, 0.1) is 0 Å². The monoisotopic (exact) mass is 175 g/mol. The van der Waals surface area contributed by atoms with Crippen molar-refractivity contribution >= 4 is 23.4 Å². The molecule has 0 saturated carbocycles. The van der Waals surface area contributed by atoms with Crippen LogP contribution >= 0.6 is 23.4 Å². The molecule has 0 aliphatic rings. The summed E-state index contributed by atoms with van der Waals surface area (Å²) in [6.07, 6.45) is 3.72. The summed E-state index contributed by atoms with van der Waals surface area (Å²) in [6.45, 7) is 4.29. The first-order valence-electron chi connectivity index (χ1n) is 3.19. The second kappa shape index (κ2) is 3.35. The molecule has 0 aliphatic heterocycles. The topological polar surface area (TPSA) is 15.8 Å². The predicted octanol–water partition coefficient (Wildman–Crippen LogP) is 3.17. The second-order valence-corrected chi connectivity index (χ2v) is 4.36. The Morgan fingerprint density at radius 1 is 1.50 bits per heavy atom. The first-order valence-corrected chi connectivity index (χ1v) is 4.45. The third-order valence-electron chi connectivity index (χ3n) is 1.02. The molecule has 0 saturated heterocycles. The van der Waals surface area contributed by atoms with E-state index in [-0.39, 0.29) is 0 Å². The Labute approximate surface area is 70.2 Å². The summed E-state index contributed by atoms with van der Waals surface area (Å²) in [4.78, 5) is 4.09. The van der Waals surface area contributed by atoms with Gasteiger partial charge in [0.25, 0.3) is 0 Å². The average Bonchev–Trinajstić information content (AvgIpc) is 2.15. The number of rotatable bonds is 2. The van der Waals surface area contributed by atoms with Gasteiger partial charge in [-0.05, 0) is 0 Å². The van der Waals surface area contributed by atoms with Gasteiger partial charge in [0.2, 0.25) is 0 Å². The summed E-state index contributed by atoms with van der Waals surface area (Å²) in [5, 5.41) is 1.41. The number of nitrogens with one attached hydrogen (secondary N) is 1. The summed E-state index contributed by atoms with van der Waals surface area (Å²) in [5.74, 6) is 0. The van der Waals surface area contributed by atoms with E-state index < -0.39 is 0 Å². The molecule has 0 unspecified atom stereocenters. The molecule has 10 heavy (non-hydrogen) atoms. The van der Waals surface area contributed by atoms with Crippen LogP contribution in [-0.2, 0) is 0 Å². The van der Waals surface area contributed by atoms with Gasteiger partial charge in [-0.1, -0.05) is 25.4 Å². The smallest absolute Gasteiger partial charge is 0.0716 e. The van der Waals surface area contributed by atoms with E-state index in [4.69, 9.17) is 11.6 Å². The van der Waals surface area contributed by atoms with Crippen LogP contribution in [0.5, 0.6) is 0 Å². The van der Waals surface area contributed by atoms with E-state index in [0.717, 1.165) is 9.92 Å². The first kappa shape index (κ1) is 8.02. The molecule has 0 fully saturated rings. The van der Waals surface area contributed by atoms with Crippen LogP contribution in [0.3, 0.4) is 0 Å². The van der Waals surface area contributed by atoms with Crippen molar-refractivity contribution < 1.29 is 0 Å². The van der Waals surface area contributed by atoms with Gasteiger partial charge in [-0.15, -0.1) is 11.8 Å². The van der Waals surface area contributed by atoms with Gasteiger partial charge in [-0.2, -0.15) is 0 Å². The van der Waals surface area contributed by atoms with Gasteiger partial charge in [0.05, 0.1) is 5.02 Å². The van der Waals surface area contributed by atoms with E-state index in [1.807, 2.05) is 6.20 Å². The minimum absolute atomic E-state index is 0.591. The van der Waals surface area contributed by atoms with Crippen molar-refractivity contribution in [2.75, 3.05) is 0 Å². The Balaban J connectivity index is 2.65. The normalized spacial score (nSPS) is 10.8. The molecule has 0 aromatic carbocycles. The van der Waals surface area contributed by atoms with Crippen LogP contribution in [0.2, 0.25) is 5.02 Å². The van der Waals surface area contributed by atoms with Gasteiger partial charge in [0.15, 0.2) is 0 Å². The summed E-state index contributed by atoms with van der Waals surface area (Å²) >= 11 is 7.60. The molecule has 56 valence electrons. The highest BCUT2D eigenvalue weighted by Gasteiger charge is 2.02. The Bertz CT molecular complexity index is 207. The van der Waals surface area contributed by atoms with Gasteiger partial charge in [0.1, 0.15) is 0 Å². The van der Waals surface area contributed by atoms with E-state index >= 15 is 0 Å². The fourth-order valence-corrected chi connectivity index (χ4v) is 1.74. The van der Waals surface area contributed by atoms with Gasteiger partial charge < -0.3 is 4.98 Å². The number of thioether (sulfide) groups is 1. The quantitative estimate of drug-likeness (QED) is 0.683. The maximum Gasteiger partial charge on any atom is 0.0716 e. The lowest BCUT2D eigenvalue weighted by Gasteiger charge is -2.00. The van der Waals surface area contributed by atoms with E-state index in [1.54, 1.807) is 18.0 Å². The minimum Gasteiger partial charge on any atom is -0.365 e. The van der Waals surface area contributed by atoms with Crippen LogP contribution in [0.15, 0.2) is 17.3 Å². The molecule has 0 bridgehead atoms. The molecule has 3 heteroatoms. The lowest BCUT2D eigenvalue weighted by Crippen LogP contribution is -1.83. The molecule has 1 rings (SSSR count).